The SMILES string of the molecule is CC(C)CNC(=O)[C@@H](CCCN=C(N)N)NC(=O)[C@@H]1C[C@@H](O)CN1C(=O)[C@@H]1CSCCCC(=O)C[C@@H](Cc2ccc(Cl)cc2)C(=O)N[C@@H](Cc2cccs2)C(=O)N[C@@H](C(C)C)C(=O)N[C@@H](CC(N)=O)C(=O)C1.CCNC(=O)[C@@H](CCCN=C(N)N)NC(=O)[C@@H]1CCCN1C(=O)[C@@H]1CSSCCC(=O)C[C@@H](Cc2ccc(Cl)cc2)C(=O)N[C@@H](Cc2cccs2)C(=O)N[C@@H](C(C)C)C(=O)N[C@@H](CC(N)=O)C(=O)C1. The quantitative estimate of drug-likeness (QED) is 0.0141. The molecule has 2 aromatic heterocycles. The number of carbonyl (C=O) groups excluding carboxylic acids is 18. The Labute approximate surface area is 851 Å². The lowest BCUT2D eigenvalue weighted by Crippen LogP contribution is -2.58. The molecule has 2 aromatic carbocycles. The minimum absolute atomic E-state index is 0.0140. The minimum Gasteiger partial charge on any atom is -0.391 e. The fraction of sp³-hybridized carbons (Fsp3) is 0.579. The van der Waals surface area contributed by atoms with Crippen LogP contribution in [0.25, 0.3) is 0 Å². The summed E-state index contributed by atoms with van der Waals surface area (Å²) in [5.41, 5.74) is 34.5. The fourth-order valence-corrected chi connectivity index (χ4v) is 21.5. The lowest BCUT2D eigenvalue weighted by Gasteiger charge is -2.30. The number of thioether (sulfide) groups is 1. The number of nitrogens with two attached hydrogens (primary N) is 6. The molecule has 0 saturated carbocycles. The van der Waals surface area contributed by atoms with Crippen molar-refractivity contribution in [1.82, 2.24) is 63.0 Å². The zero-order valence-electron chi connectivity index (χ0n) is 80.5. The summed E-state index contributed by atoms with van der Waals surface area (Å²) >= 11 is 16.3. The van der Waals surface area contributed by atoms with Gasteiger partial charge in [0.15, 0.2) is 23.5 Å². The van der Waals surface area contributed by atoms with Crippen LogP contribution in [0, 0.1) is 41.4 Å². The Hall–Kier alpha value is -10.8. The number of hydrogen-bond donors (Lipinski definition) is 17. The van der Waals surface area contributed by atoms with E-state index < -0.39 is 222 Å². The molecule has 141 heavy (non-hydrogen) atoms. The van der Waals surface area contributed by atoms with Crippen molar-refractivity contribution in [2.24, 2.45) is 85.8 Å². The van der Waals surface area contributed by atoms with E-state index in [2.05, 4.69) is 63.2 Å². The van der Waals surface area contributed by atoms with Gasteiger partial charge in [-0.25, -0.2) is 0 Å². The van der Waals surface area contributed by atoms with Gasteiger partial charge in [0.2, 0.25) is 82.7 Å². The molecule has 0 unspecified atom stereocenters. The number of aliphatic imine (C=N–C) groups is 2. The number of primary amides is 2. The van der Waals surface area contributed by atoms with Crippen LogP contribution in [0.5, 0.6) is 0 Å². The first-order valence-electron chi connectivity index (χ1n) is 47.4. The van der Waals surface area contributed by atoms with Gasteiger partial charge in [-0.3, -0.25) is 96.3 Å². The maximum Gasteiger partial charge on any atom is 0.243 e. The van der Waals surface area contributed by atoms with Crippen molar-refractivity contribution >= 4 is 197 Å². The third-order valence-electron chi connectivity index (χ3n) is 23.8. The smallest absolute Gasteiger partial charge is 0.243 e. The number of aliphatic hydroxyl groups is 1. The summed E-state index contributed by atoms with van der Waals surface area (Å²) < 4.78 is 0. The second-order valence-electron chi connectivity index (χ2n) is 36.6. The van der Waals surface area contributed by atoms with Gasteiger partial charge in [-0.05, 0) is 147 Å². The van der Waals surface area contributed by atoms with Gasteiger partial charge < -0.3 is 102 Å². The largest absolute Gasteiger partial charge is 0.391 e. The molecule has 8 rings (SSSR count). The molecule has 4 aromatic rings. The van der Waals surface area contributed by atoms with Crippen LogP contribution >= 0.6 is 79.2 Å². The van der Waals surface area contributed by atoms with Crippen molar-refractivity contribution in [3.63, 3.8) is 0 Å². The first kappa shape index (κ1) is 117. The molecule has 23 N–H and O–H groups in total. The molecule has 46 heteroatoms. The van der Waals surface area contributed by atoms with E-state index in [9.17, 15) is 91.4 Å². The van der Waals surface area contributed by atoms with Crippen molar-refractivity contribution in [1.29, 1.82) is 0 Å². The monoisotopic (exact) mass is 2090 g/mol. The molecule has 4 fully saturated rings. The molecule has 6 heterocycles. The number of carbonyl (C=O) groups is 18. The number of thiophene rings is 2. The van der Waals surface area contributed by atoms with Crippen molar-refractivity contribution in [3.8, 4) is 0 Å². The second-order valence-corrected chi connectivity index (χ2v) is 43.3. The van der Waals surface area contributed by atoms with Crippen LogP contribution in [0.2, 0.25) is 10.0 Å². The van der Waals surface area contributed by atoms with Crippen LogP contribution < -0.4 is 87.6 Å². The summed E-state index contributed by atoms with van der Waals surface area (Å²) in [5, 5.41) is 43.0. The Balaban J connectivity index is 0.000000383. The predicted molar refractivity (Wildman–Crippen MR) is 545 cm³/mol. The molecule has 39 nitrogen and oxygen atoms in total. The van der Waals surface area contributed by atoms with E-state index >= 15 is 0 Å². The van der Waals surface area contributed by atoms with E-state index in [4.69, 9.17) is 57.6 Å². The molecule has 0 bridgehead atoms. The number of nitrogens with one attached hydrogen (secondary N) is 10. The zero-order chi connectivity index (χ0) is 104. The minimum atomic E-state index is -1.54. The summed E-state index contributed by atoms with van der Waals surface area (Å²) in [6.07, 6.45) is -1.15. The lowest BCUT2D eigenvalue weighted by atomic mass is 9.91. The van der Waals surface area contributed by atoms with Crippen LogP contribution in [0.1, 0.15) is 172 Å². The molecule has 0 radical (unpaired) electrons. The van der Waals surface area contributed by atoms with Crippen LogP contribution in [0.15, 0.2) is 93.5 Å². The summed E-state index contributed by atoms with van der Waals surface area (Å²) in [6.45, 7) is 13.2. The molecular weight excluding hydrogens is 1960 g/mol. The number of Topliss-reactive ketones (excluding diaryl/α,β-unsaturated/α-hetero) is 4. The maximum absolute atomic E-state index is 14.7. The number of guanidine groups is 2. The third kappa shape index (κ3) is 40.5. The average molecular weight is 2090 g/mol. The van der Waals surface area contributed by atoms with E-state index in [1.807, 2.05) is 24.6 Å². The predicted octanol–water partition coefficient (Wildman–Crippen LogP) is 2.90. The summed E-state index contributed by atoms with van der Waals surface area (Å²) in [6, 6.07) is 8.78. The van der Waals surface area contributed by atoms with Gasteiger partial charge in [-0.2, -0.15) is 11.8 Å². The van der Waals surface area contributed by atoms with Crippen LogP contribution in [0.3, 0.4) is 0 Å². The third-order valence-corrected chi connectivity index (χ3v) is 29.8. The van der Waals surface area contributed by atoms with Gasteiger partial charge in [-0.1, -0.05) is 123 Å². The van der Waals surface area contributed by atoms with Gasteiger partial charge >= 0.3 is 0 Å². The zero-order valence-corrected chi connectivity index (χ0v) is 86.1. The number of aliphatic hydroxyl groups excluding tert-OH is 1. The van der Waals surface area contributed by atoms with Crippen molar-refractivity contribution < 1.29 is 91.4 Å². The molecule has 0 spiro atoms. The number of halogens is 2. The van der Waals surface area contributed by atoms with E-state index in [1.54, 1.807) is 107 Å². The Morgan fingerprint density at radius 1 is 0.504 bits per heavy atom. The van der Waals surface area contributed by atoms with Crippen LogP contribution in [0.4, 0.5) is 0 Å². The Morgan fingerprint density at radius 3 is 1.39 bits per heavy atom. The van der Waals surface area contributed by atoms with Crippen LogP contribution in [-0.4, -0.2) is 261 Å². The summed E-state index contributed by atoms with van der Waals surface area (Å²) in [7, 11) is 2.52. The molecule has 14 amide bonds. The molecular formula is C95H136Cl2N20O19S5. The number of nitrogens with zero attached hydrogens (tertiary/aromatic N) is 4. The Morgan fingerprint density at radius 2 is 0.950 bits per heavy atom. The van der Waals surface area contributed by atoms with Gasteiger partial charge in [0.25, 0.3) is 0 Å². The number of likely N-dealkylation sites (N-methyl/N-ethyl adjacent to an activating group) is 1. The van der Waals surface area contributed by atoms with Gasteiger partial charge in [0.05, 0.1) is 42.9 Å². The highest BCUT2D eigenvalue weighted by molar-refractivity contribution is 8.76. The molecule has 4 aliphatic rings. The van der Waals surface area contributed by atoms with E-state index in [1.165, 1.54) is 65.8 Å². The molecule has 774 valence electrons. The highest BCUT2D eigenvalue weighted by Crippen LogP contribution is 2.33. The van der Waals surface area contributed by atoms with Gasteiger partial charge in [-0.15, -0.1) is 22.7 Å². The highest BCUT2D eigenvalue weighted by atomic mass is 35.5. The van der Waals surface area contributed by atoms with Crippen molar-refractivity contribution in [2.45, 2.75) is 243 Å². The van der Waals surface area contributed by atoms with Crippen molar-refractivity contribution in [3.05, 3.63) is 114 Å². The number of hydrogen-bond acceptors (Lipinski definition) is 26. The van der Waals surface area contributed by atoms with Gasteiger partial charge in [0.1, 0.15) is 59.9 Å². The first-order chi connectivity index (χ1) is 67.0. The van der Waals surface area contributed by atoms with E-state index in [0.717, 1.165) is 20.9 Å². The number of amides is 14. The normalized spacial score (nSPS) is 23.3. The fourth-order valence-electron chi connectivity index (χ4n) is 16.4. The summed E-state index contributed by atoms with van der Waals surface area (Å²) in [4.78, 5) is 261. The average Bonchev–Trinajstić information content (AvgIpc) is 1.67. The number of likely N-dealkylation sites (tertiary alicyclic amines) is 2. The van der Waals surface area contributed by atoms with Gasteiger partial charge in [0, 0.05) is 146 Å². The van der Waals surface area contributed by atoms with E-state index in [0.29, 0.717) is 54.6 Å². The molecule has 0 aliphatic carbocycles. The van der Waals surface area contributed by atoms with Crippen molar-refractivity contribution in [2.75, 3.05) is 62.3 Å². The lowest BCUT2D eigenvalue weighted by molar-refractivity contribution is -0.143. The first-order valence-corrected chi connectivity index (χ1v) is 53.5. The number of ketones is 4. The number of benzene rings is 2. The highest BCUT2D eigenvalue weighted by Gasteiger charge is 2.46. The van der Waals surface area contributed by atoms with E-state index in [-0.39, 0.29) is 150 Å². The number of β-amino-alcohol motifs (C(OH)–C–C–N with tert-alkyl or cyclic N) is 1. The standard InChI is InChI=1S/C49H71ClN10O10S2.C46H65ClN10O9S3/c1-27(2)24-55-44(66)36(10-5-15-54-49(52)53)56-46(68)39-21-34(62)25-60(39)48(70)31-20-40(63)37(23-41(51)64)57-47(69)42(28(3)4)59-45(67)38(22-35-9-7-17-72-35)58-43(65)30(18-29-11-13-32(50)14-12-29)19-33(61)8-6-16-71-26-31;1-4-51-41(62)33(9-5-16-52-46(49)50)53-43(64)36-10-6-17-57(36)45(66)29-22-37(59)34(24-38(48)60)54-44(65)39(26(2)3)56-42(63)35(23-32-8-7-18-67-32)55-40(61)28(20-27-11-13-30(47)14-12-27)21-31(58)15-19-68-69-25-29/h7,9,11-14,17,27-28,30-31,34,36-39,42,62H,5-6,8,10,15-16,18-26H2,1-4H3,(H2,51,64)(H,55,66)(H,56,68)(H,57,69)(H,58,65)(H,59,67)(H4,52,53,54);7-8,11-14,18,26,28-29,33-36,39H,4-6,9-10,15-17,19-25H2,1-3H3,(H2,48,60)(H,51,62)(H,53,64)(H,54,65)(H,55,61)(H,56,63)(H4,49,50,52)/t30-,31+,34-,36-,37+,38+,39+,42+;28-,29+,33-,34+,35+,36+,39+/m11/s1. The molecule has 4 saturated heterocycles. The Kier molecular flexibility index (Phi) is 49.8. The number of rotatable bonds is 33. The Bertz CT molecular complexity index is 4980. The molecule has 4 aliphatic heterocycles. The summed E-state index contributed by atoms with van der Waals surface area (Å²) in [5.74, 6) is -15.8. The maximum atomic E-state index is 14.7. The topological polar surface area (TPSA) is 635 Å². The van der Waals surface area contributed by atoms with Crippen LogP contribution in [-0.2, 0) is 112 Å². The molecule has 15 atom stereocenters. The second kappa shape index (κ2) is 60.0.